The Morgan fingerprint density at radius 3 is 2.61 bits per heavy atom. The molecule has 1 heterocycles. The van der Waals surface area contributed by atoms with E-state index in [0.717, 1.165) is 6.42 Å². The average Bonchev–Trinajstić information content (AvgIpc) is 2.63. The van der Waals surface area contributed by atoms with Gasteiger partial charge in [-0.1, -0.05) is 11.6 Å². The van der Waals surface area contributed by atoms with E-state index in [4.69, 9.17) is 9.47 Å². The third kappa shape index (κ3) is 5.54. The van der Waals surface area contributed by atoms with Crippen LogP contribution in [0.3, 0.4) is 0 Å². The number of allylic oxidation sites excluding steroid dienone is 1. The number of nitrogens with zero attached hydrogens (tertiary/aromatic N) is 1. The number of ether oxygens (including phenoxy) is 2. The van der Waals surface area contributed by atoms with E-state index in [9.17, 15) is 4.79 Å². The number of rotatable bonds is 3. The van der Waals surface area contributed by atoms with E-state index in [0.29, 0.717) is 19.7 Å². The van der Waals surface area contributed by atoms with Gasteiger partial charge in [0.05, 0.1) is 19.3 Å². The van der Waals surface area contributed by atoms with Gasteiger partial charge in [-0.05, 0) is 41.0 Å². The zero-order valence-corrected chi connectivity index (χ0v) is 12.2. The molecule has 4 nitrogen and oxygen atoms in total. The van der Waals surface area contributed by atoms with Crippen LogP contribution >= 0.6 is 0 Å². The molecule has 1 fully saturated rings. The molecule has 18 heavy (non-hydrogen) atoms. The number of likely N-dealkylation sites (tertiary alicyclic amines) is 1. The van der Waals surface area contributed by atoms with Crippen LogP contribution in [0.2, 0.25) is 0 Å². The zero-order chi connectivity index (χ0) is 13.8. The molecule has 0 saturated carbocycles. The summed E-state index contributed by atoms with van der Waals surface area (Å²) in [6.45, 7) is 11.7. The maximum absolute atomic E-state index is 11.8. The van der Waals surface area contributed by atoms with Gasteiger partial charge in [0.15, 0.2) is 0 Å². The Morgan fingerprint density at radius 1 is 1.39 bits per heavy atom. The lowest BCUT2D eigenvalue weighted by molar-refractivity contribution is 0.0234. The summed E-state index contributed by atoms with van der Waals surface area (Å²) in [5.74, 6) is 0. The van der Waals surface area contributed by atoms with Crippen LogP contribution in [0.5, 0.6) is 0 Å². The highest BCUT2D eigenvalue weighted by molar-refractivity contribution is 5.68. The Morgan fingerprint density at radius 2 is 2.06 bits per heavy atom. The molecule has 0 aliphatic carbocycles. The van der Waals surface area contributed by atoms with Crippen LogP contribution in [0.25, 0.3) is 0 Å². The molecule has 1 amide bonds. The van der Waals surface area contributed by atoms with Gasteiger partial charge in [0, 0.05) is 6.54 Å². The van der Waals surface area contributed by atoms with Gasteiger partial charge < -0.3 is 14.4 Å². The number of carbonyl (C=O) groups is 1. The van der Waals surface area contributed by atoms with Crippen molar-refractivity contribution in [3.8, 4) is 0 Å². The van der Waals surface area contributed by atoms with Gasteiger partial charge in [0.2, 0.25) is 0 Å². The molecule has 1 saturated heterocycles. The highest BCUT2D eigenvalue weighted by atomic mass is 16.6. The van der Waals surface area contributed by atoms with Gasteiger partial charge in [-0.3, -0.25) is 0 Å². The Kier molecular flexibility index (Phi) is 5.20. The molecule has 1 aliphatic heterocycles. The predicted molar refractivity (Wildman–Crippen MR) is 71.6 cm³/mol. The molecule has 0 radical (unpaired) electrons. The van der Waals surface area contributed by atoms with Gasteiger partial charge in [0.25, 0.3) is 0 Å². The topological polar surface area (TPSA) is 38.8 Å². The molecule has 0 aromatic carbocycles. The molecule has 1 rings (SSSR count). The third-order valence-corrected chi connectivity index (χ3v) is 2.62. The SMILES string of the molecule is CC(C)=CCO[C@H]1CCN(C(=O)OC(C)(C)C)C1. The van der Waals surface area contributed by atoms with Crippen molar-refractivity contribution in [2.75, 3.05) is 19.7 Å². The Balaban J connectivity index is 2.32. The number of carbonyl (C=O) groups excluding carboxylic acids is 1. The fraction of sp³-hybridized carbons (Fsp3) is 0.786. The molecule has 0 bridgehead atoms. The molecule has 0 unspecified atom stereocenters. The Hall–Kier alpha value is -1.03. The maximum atomic E-state index is 11.8. The number of amides is 1. The van der Waals surface area contributed by atoms with Gasteiger partial charge in [-0.2, -0.15) is 0 Å². The molecule has 0 aromatic rings. The molecular weight excluding hydrogens is 230 g/mol. The van der Waals surface area contributed by atoms with E-state index in [1.807, 2.05) is 34.6 Å². The van der Waals surface area contributed by atoms with Gasteiger partial charge >= 0.3 is 6.09 Å². The maximum Gasteiger partial charge on any atom is 0.410 e. The Bertz CT molecular complexity index is 313. The minimum atomic E-state index is -0.432. The lowest BCUT2D eigenvalue weighted by Crippen LogP contribution is -2.36. The summed E-state index contributed by atoms with van der Waals surface area (Å²) >= 11 is 0. The van der Waals surface area contributed by atoms with Crippen molar-refractivity contribution in [1.82, 2.24) is 4.90 Å². The van der Waals surface area contributed by atoms with E-state index in [1.165, 1.54) is 5.57 Å². The minimum Gasteiger partial charge on any atom is -0.444 e. The summed E-state index contributed by atoms with van der Waals surface area (Å²) in [6.07, 6.45) is 2.83. The lowest BCUT2D eigenvalue weighted by atomic mass is 10.2. The van der Waals surface area contributed by atoms with E-state index in [-0.39, 0.29) is 12.2 Å². The van der Waals surface area contributed by atoms with Crippen molar-refractivity contribution < 1.29 is 14.3 Å². The van der Waals surface area contributed by atoms with Crippen molar-refractivity contribution in [2.45, 2.75) is 52.7 Å². The van der Waals surface area contributed by atoms with E-state index >= 15 is 0 Å². The van der Waals surface area contributed by atoms with Crippen LogP contribution in [0.15, 0.2) is 11.6 Å². The fourth-order valence-corrected chi connectivity index (χ4v) is 1.71. The van der Waals surface area contributed by atoms with E-state index < -0.39 is 5.60 Å². The number of hydrogen-bond acceptors (Lipinski definition) is 3. The molecule has 1 aliphatic rings. The van der Waals surface area contributed by atoms with Crippen LogP contribution in [-0.2, 0) is 9.47 Å². The molecule has 4 heteroatoms. The highest BCUT2D eigenvalue weighted by Gasteiger charge is 2.29. The Labute approximate surface area is 110 Å². The summed E-state index contributed by atoms with van der Waals surface area (Å²) in [4.78, 5) is 13.5. The van der Waals surface area contributed by atoms with Crippen molar-refractivity contribution in [1.29, 1.82) is 0 Å². The number of hydrogen-bond donors (Lipinski definition) is 0. The average molecular weight is 255 g/mol. The van der Waals surface area contributed by atoms with E-state index in [2.05, 4.69) is 6.08 Å². The summed E-state index contributed by atoms with van der Waals surface area (Å²) in [7, 11) is 0. The summed E-state index contributed by atoms with van der Waals surface area (Å²) in [5, 5.41) is 0. The third-order valence-electron chi connectivity index (χ3n) is 2.62. The van der Waals surface area contributed by atoms with Crippen LogP contribution in [0.1, 0.15) is 41.0 Å². The first kappa shape index (κ1) is 15.0. The second-order valence-electron chi connectivity index (χ2n) is 5.95. The molecule has 0 spiro atoms. The second-order valence-corrected chi connectivity index (χ2v) is 5.95. The summed E-state index contributed by atoms with van der Waals surface area (Å²) < 4.78 is 11.0. The smallest absolute Gasteiger partial charge is 0.410 e. The van der Waals surface area contributed by atoms with Gasteiger partial charge in [0.1, 0.15) is 5.60 Å². The first-order valence-electron chi connectivity index (χ1n) is 6.51. The van der Waals surface area contributed by atoms with Crippen molar-refractivity contribution in [2.24, 2.45) is 0 Å². The van der Waals surface area contributed by atoms with Crippen molar-refractivity contribution in [3.05, 3.63) is 11.6 Å². The fourth-order valence-electron chi connectivity index (χ4n) is 1.71. The standard InChI is InChI=1S/C14H25NO3/c1-11(2)7-9-17-12-6-8-15(10-12)13(16)18-14(3,4)5/h7,12H,6,8-10H2,1-5H3/t12-/m0/s1. The minimum absolute atomic E-state index is 0.133. The molecular formula is C14H25NO3. The van der Waals surface area contributed by atoms with Gasteiger partial charge in [-0.15, -0.1) is 0 Å². The quantitative estimate of drug-likeness (QED) is 0.728. The van der Waals surface area contributed by atoms with Crippen molar-refractivity contribution in [3.63, 3.8) is 0 Å². The summed E-state index contributed by atoms with van der Waals surface area (Å²) in [6, 6.07) is 0. The van der Waals surface area contributed by atoms with Crippen LogP contribution in [0.4, 0.5) is 4.79 Å². The largest absolute Gasteiger partial charge is 0.444 e. The second kappa shape index (κ2) is 6.23. The van der Waals surface area contributed by atoms with Crippen LogP contribution in [0, 0.1) is 0 Å². The summed E-state index contributed by atoms with van der Waals surface area (Å²) in [5.41, 5.74) is 0.815. The first-order chi connectivity index (χ1) is 8.28. The normalized spacial score (nSPS) is 19.8. The molecule has 0 aromatic heterocycles. The molecule has 0 N–H and O–H groups in total. The van der Waals surface area contributed by atoms with Crippen molar-refractivity contribution >= 4 is 6.09 Å². The zero-order valence-electron chi connectivity index (χ0n) is 12.2. The molecule has 1 atom stereocenters. The first-order valence-corrected chi connectivity index (χ1v) is 6.51. The molecule has 104 valence electrons. The van der Waals surface area contributed by atoms with Crippen LogP contribution < -0.4 is 0 Å². The monoisotopic (exact) mass is 255 g/mol. The predicted octanol–water partition coefficient (Wildman–Crippen LogP) is 2.98. The van der Waals surface area contributed by atoms with E-state index in [1.54, 1.807) is 4.90 Å². The lowest BCUT2D eigenvalue weighted by Gasteiger charge is -2.24. The van der Waals surface area contributed by atoms with Crippen LogP contribution in [-0.4, -0.2) is 42.4 Å². The highest BCUT2D eigenvalue weighted by Crippen LogP contribution is 2.17. The van der Waals surface area contributed by atoms with Gasteiger partial charge in [-0.25, -0.2) is 4.79 Å².